The summed E-state index contributed by atoms with van der Waals surface area (Å²) in [5.41, 5.74) is 0.900. The summed E-state index contributed by atoms with van der Waals surface area (Å²) in [4.78, 5) is 28.0. The molecule has 6 heteroatoms. The SMILES string of the molecule is Cn1cnc(C(=O)CC(=O)c2cc3cc(Br)ccc3o2)c1. The third-order valence-electron chi connectivity index (χ3n) is 3.06. The van der Waals surface area contributed by atoms with Crippen molar-refractivity contribution in [3.63, 3.8) is 0 Å². The van der Waals surface area contributed by atoms with E-state index in [1.165, 1.54) is 6.33 Å². The molecule has 0 spiro atoms. The van der Waals surface area contributed by atoms with Gasteiger partial charge in [-0.15, -0.1) is 0 Å². The first-order valence-electron chi connectivity index (χ1n) is 6.26. The number of benzene rings is 1. The van der Waals surface area contributed by atoms with Crippen LogP contribution in [-0.4, -0.2) is 21.1 Å². The Bertz CT molecular complexity index is 848. The fourth-order valence-corrected chi connectivity index (χ4v) is 2.41. The van der Waals surface area contributed by atoms with Crippen molar-refractivity contribution in [1.29, 1.82) is 0 Å². The summed E-state index contributed by atoms with van der Waals surface area (Å²) in [5.74, 6) is -0.479. The molecule has 0 amide bonds. The van der Waals surface area contributed by atoms with Crippen molar-refractivity contribution in [1.82, 2.24) is 9.55 Å². The second kappa shape index (κ2) is 5.29. The Morgan fingerprint density at radius 1 is 1.29 bits per heavy atom. The lowest BCUT2D eigenvalue weighted by Crippen LogP contribution is -2.08. The number of aryl methyl sites for hydroxylation is 1. The molecule has 2 aromatic heterocycles. The van der Waals surface area contributed by atoms with E-state index in [-0.39, 0.29) is 29.4 Å². The number of Topliss-reactive ketones (excluding diaryl/α,β-unsaturated/α-hetero) is 2. The highest BCUT2D eigenvalue weighted by Crippen LogP contribution is 2.24. The molecule has 21 heavy (non-hydrogen) atoms. The van der Waals surface area contributed by atoms with Crippen LogP contribution in [0.4, 0.5) is 0 Å². The molecule has 1 aromatic carbocycles. The molecule has 0 atom stereocenters. The van der Waals surface area contributed by atoms with Gasteiger partial charge in [0.1, 0.15) is 11.3 Å². The Kier molecular flexibility index (Phi) is 3.47. The van der Waals surface area contributed by atoms with Crippen molar-refractivity contribution in [3.8, 4) is 0 Å². The van der Waals surface area contributed by atoms with E-state index in [9.17, 15) is 9.59 Å². The number of fused-ring (bicyclic) bond motifs is 1. The molecular formula is C15H11BrN2O3. The summed E-state index contributed by atoms with van der Waals surface area (Å²) in [6.07, 6.45) is 2.86. The molecular weight excluding hydrogens is 336 g/mol. The lowest BCUT2D eigenvalue weighted by atomic mass is 10.1. The van der Waals surface area contributed by atoms with E-state index in [1.807, 2.05) is 12.1 Å². The molecule has 106 valence electrons. The van der Waals surface area contributed by atoms with Crippen LogP contribution in [0.5, 0.6) is 0 Å². The molecule has 0 aliphatic heterocycles. The van der Waals surface area contributed by atoms with Gasteiger partial charge >= 0.3 is 0 Å². The van der Waals surface area contributed by atoms with E-state index in [0.29, 0.717) is 5.58 Å². The molecule has 0 N–H and O–H groups in total. The third kappa shape index (κ3) is 2.80. The first kappa shape index (κ1) is 13.8. The van der Waals surface area contributed by atoms with Gasteiger partial charge in [0.2, 0.25) is 5.78 Å². The lowest BCUT2D eigenvalue weighted by molar-refractivity contribution is 0.0877. The zero-order chi connectivity index (χ0) is 15.0. The summed E-state index contributed by atoms with van der Waals surface area (Å²) in [5, 5.41) is 0.818. The predicted octanol–water partition coefficient (Wildman–Crippen LogP) is 3.38. The van der Waals surface area contributed by atoms with Gasteiger partial charge in [0.05, 0.1) is 12.7 Å². The highest BCUT2D eigenvalue weighted by molar-refractivity contribution is 9.10. The molecule has 0 aliphatic carbocycles. The summed E-state index contributed by atoms with van der Waals surface area (Å²) in [6.45, 7) is 0. The predicted molar refractivity (Wildman–Crippen MR) is 80.4 cm³/mol. The Hall–Kier alpha value is -2.21. The minimum atomic E-state index is -0.349. The maximum absolute atomic E-state index is 12.1. The van der Waals surface area contributed by atoms with Gasteiger partial charge in [0.25, 0.3) is 0 Å². The number of halogens is 1. The first-order valence-corrected chi connectivity index (χ1v) is 7.06. The maximum Gasteiger partial charge on any atom is 0.205 e. The van der Waals surface area contributed by atoms with Gasteiger partial charge in [0, 0.05) is 23.1 Å². The Balaban J connectivity index is 1.82. The normalized spacial score (nSPS) is 11.0. The molecule has 5 nitrogen and oxygen atoms in total. The number of ketones is 2. The standard InChI is InChI=1S/C15H11BrN2O3/c1-18-7-11(17-8-18)12(19)6-13(20)15-5-9-4-10(16)2-3-14(9)21-15/h2-5,7-8H,6H2,1H3. The molecule has 3 aromatic rings. The number of furan rings is 1. The van der Waals surface area contributed by atoms with Gasteiger partial charge in [-0.3, -0.25) is 9.59 Å². The van der Waals surface area contributed by atoms with E-state index in [4.69, 9.17) is 4.42 Å². The molecule has 0 saturated heterocycles. The fourth-order valence-electron chi connectivity index (χ4n) is 2.03. The number of hydrogen-bond acceptors (Lipinski definition) is 4. The van der Waals surface area contributed by atoms with Gasteiger partial charge in [-0.25, -0.2) is 4.98 Å². The molecule has 3 rings (SSSR count). The van der Waals surface area contributed by atoms with Crippen LogP contribution in [0.25, 0.3) is 11.0 Å². The Labute approximate surface area is 128 Å². The van der Waals surface area contributed by atoms with Crippen LogP contribution >= 0.6 is 15.9 Å². The van der Waals surface area contributed by atoms with Crippen LogP contribution < -0.4 is 0 Å². The average molecular weight is 347 g/mol. The number of nitrogens with zero attached hydrogens (tertiary/aromatic N) is 2. The maximum atomic E-state index is 12.1. The van der Waals surface area contributed by atoms with Crippen LogP contribution in [0.1, 0.15) is 27.5 Å². The minimum absolute atomic E-state index is 0.187. The van der Waals surface area contributed by atoms with E-state index < -0.39 is 0 Å². The monoisotopic (exact) mass is 346 g/mol. The minimum Gasteiger partial charge on any atom is -0.453 e. The van der Waals surface area contributed by atoms with Gasteiger partial charge in [-0.05, 0) is 24.3 Å². The fraction of sp³-hybridized carbons (Fsp3) is 0.133. The van der Waals surface area contributed by atoms with E-state index >= 15 is 0 Å². The van der Waals surface area contributed by atoms with Crippen molar-refractivity contribution < 1.29 is 14.0 Å². The zero-order valence-corrected chi connectivity index (χ0v) is 12.8. The number of carbonyl (C=O) groups excluding carboxylic acids is 2. The van der Waals surface area contributed by atoms with Crippen LogP contribution in [-0.2, 0) is 7.05 Å². The van der Waals surface area contributed by atoms with E-state index in [1.54, 1.807) is 29.9 Å². The summed E-state index contributed by atoms with van der Waals surface area (Å²) in [7, 11) is 1.77. The van der Waals surface area contributed by atoms with Crippen LogP contribution in [0.15, 0.2) is 45.7 Å². The highest BCUT2D eigenvalue weighted by atomic mass is 79.9. The van der Waals surface area contributed by atoms with Gasteiger partial charge in [-0.2, -0.15) is 0 Å². The second-order valence-corrected chi connectivity index (χ2v) is 5.66. The number of imidazole rings is 1. The smallest absolute Gasteiger partial charge is 0.205 e. The Morgan fingerprint density at radius 3 is 2.81 bits per heavy atom. The molecule has 0 saturated carbocycles. The first-order chi connectivity index (χ1) is 10.0. The van der Waals surface area contributed by atoms with Crippen molar-refractivity contribution in [2.45, 2.75) is 6.42 Å². The second-order valence-electron chi connectivity index (χ2n) is 4.74. The van der Waals surface area contributed by atoms with Crippen LogP contribution in [0.2, 0.25) is 0 Å². The molecule has 0 fully saturated rings. The largest absolute Gasteiger partial charge is 0.453 e. The Morgan fingerprint density at radius 2 is 2.10 bits per heavy atom. The molecule has 0 unspecified atom stereocenters. The number of hydrogen-bond donors (Lipinski definition) is 0. The molecule has 0 aliphatic rings. The molecule has 0 radical (unpaired) electrons. The third-order valence-corrected chi connectivity index (χ3v) is 3.56. The van der Waals surface area contributed by atoms with Gasteiger partial charge < -0.3 is 8.98 Å². The lowest BCUT2D eigenvalue weighted by Gasteiger charge is -1.94. The molecule has 2 heterocycles. The summed E-state index contributed by atoms with van der Waals surface area (Å²) in [6, 6.07) is 7.11. The summed E-state index contributed by atoms with van der Waals surface area (Å²) >= 11 is 3.36. The van der Waals surface area contributed by atoms with Crippen LogP contribution in [0.3, 0.4) is 0 Å². The average Bonchev–Trinajstić information content (AvgIpc) is 3.04. The van der Waals surface area contributed by atoms with Crippen LogP contribution in [0, 0.1) is 0 Å². The van der Waals surface area contributed by atoms with Crippen molar-refractivity contribution in [2.24, 2.45) is 7.05 Å². The van der Waals surface area contributed by atoms with Crippen molar-refractivity contribution in [2.75, 3.05) is 0 Å². The highest BCUT2D eigenvalue weighted by Gasteiger charge is 2.19. The van der Waals surface area contributed by atoms with Crippen molar-refractivity contribution >= 4 is 38.5 Å². The molecule has 0 bridgehead atoms. The topological polar surface area (TPSA) is 65.1 Å². The summed E-state index contributed by atoms with van der Waals surface area (Å²) < 4.78 is 8.04. The number of rotatable bonds is 4. The quantitative estimate of drug-likeness (QED) is 0.536. The van der Waals surface area contributed by atoms with E-state index in [0.717, 1.165) is 9.86 Å². The number of carbonyl (C=O) groups is 2. The van der Waals surface area contributed by atoms with Crippen molar-refractivity contribution in [3.05, 3.63) is 52.7 Å². The van der Waals surface area contributed by atoms with Gasteiger partial charge in [-0.1, -0.05) is 15.9 Å². The number of aromatic nitrogens is 2. The van der Waals surface area contributed by atoms with Gasteiger partial charge in [0.15, 0.2) is 11.5 Å². The van der Waals surface area contributed by atoms with E-state index in [2.05, 4.69) is 20.9 Å². The zero-order valence-electron chi connectivity index (χ0n) is 11.2.